The molecule has 0 atom stereocenters. The molecular weight excluding hydrogens is 374 g/mol. The van der Waals surface area contributed by atoms with Crippen molar-refractivity contribution in [3.05, 3.63) is 41.3 Å². The lowest BCUT2D eigenvalue weighted by atomic mass is 9.93. The van der Waals surface area contributed by atoms with E-state index in [4.69, 9.17) is 10.7 Å². The first kappa shape index (κ1) is 18.6. The molecule has 1 fully saturated rings. The fourth-order valence-corrected chi connectivity index (χ4v) is 4.30. The van der Waals surface area contributed by atoms with Crippen LogP contribution in [0.5, 0.6) is 0 Å². The third-order valence-electron chi connectivity index (χ3n) is 4.90. The van der Waals surface area contributed by atoms with Crippen LogP contribution in [0.3, 0.4) is 0 Å². The first-order valence-corrected chi connectivity index (χ1v) is 10.3. The predicted molar refractivity (Wildman–Crippen MR) is 112 cm³/mol. The number of nitrogens with zero attached hydrogens (tertiary/aromatic N) is 2. The van der Waals surface area contributed by atoms with Crippen molar-refractivity contribution in [1.82, 2.24) is 9.97 Å². The van der Waals surface area contributed by atoms with Crippen LogP contribution in [0.25, 0.3) is 10.2 Å². The van der Waals surface area contributed by atoms with E-state index in [-0.39, 0.29) is 18.4 Å². The number of fused-ring (bicyclic) bond motifs is 1. The Morgan fingerprint density at radius 2 is 2.04 bits per heavy atom. The van der Waals surface area contributed by atoms with E-state index < -0.39 is 0 Å². The van der Waals surface area contributed by atoms with E-state index in [0.29, 0.717) is 12.0 Å². The van der Waals surface area contributed by atoms with Crippen LogP contribution in [0, 0.1) is 0 Å². The van der Waals surface area contributed by atoms with Crippen LogP contribution in [-0.2, 0) is 11.2 Å². The van der Waals surface area contributed by atoms with Crippen molar-refractivity contribution in [2.75, 3.05) is 10.6 Å². The zero-order valence-corrected chi connectivity index (χ0v) is 16.2. The molecule has 1 aliphatic carbocycles. The van der Waals surface area contributed by atoms with E-state index in [1.54, 1.807) is 11.3 Å². The maximum atomic E-state index is 11.2. The SMILES string of the molecule is NC(=O)Cc1cccc(Nc2nc(NC3CCC(O)CC3)c3sccc3n2)c1. The Bertz CT molecular complexity index is 982. The summed E-state index contributed by atoms with van der Waals surface area (Å²) < 4.78 is 1.03. The second-order valence-electron chi connectivity index (χ2n) is 7.15. The molecule has 1 saturated carbocycles. The van der Waals surface area contributed by atoms with Gasteiger partial charge in [-0.05, 0) is 54.8 Å². The summed E-state index contributed by atoms with van der Waals surface area (Å²) >= 11 is 1.61. The minimum atomic E-state index is -0.364. The molecule has 7 nitrogen and oxygen atoms in total. The number of nitrogens with two attached hydrogens (primary N) is 1. The van der Waals surface area contributed by atoms with E-state index in [2.05, 4.69) is 15.6 Å². The molecule has 0 saturated heterocycles. The summed E-state index contributed by atoms with van der Waals surface area (Å²) in [7, 11) is 0. The van der Waals surface area contributed by atoms with Crippen molar-refractivity contribution >= 4 is 44.9 Å². The van der Waals surface area contributed by atoms with Crippen molar-refractivity contribution < 1.29 is 9.90 Å². The summed E-state index contributed by atoms with van der Waals surface area (Å²) in [6, 6.07) is 9.80. The van der Waals surface area contributed by atoms with Gasteiger partial charge in [0.1, 0.15) is 5.82 Å². The quantitative estimate of drug-likeness (QED) is 0.508. The average Bonchev–Trinajstić information content (AvgIpc) is 3.12. The summed E-state index contributed by atoms with van der Waals surface area (Å²) in [5.41, 5.74) is 7.82. The van der Waals surface area contributed by atoms with Gasteiger partial charge in [0.15, 0.2) is 0 Å². The van der Waals surface area contributed by atoms with Gasteiger partial charge in [-0.15, -0.1) is 11.3 Å². The molecule has 2 aromatic heterocycles. The minimum Gasteiger partial charge on any atom is -0.393 e. The number of rotatable bonds is 6. The molecule has 2 heterocycles. The smallest absolute Gasteiger partial charge is 0.229 e. The average molecular weight is 398 g/mol. The summed E-state index contributed by atoms with van der Waals surface area (Å²) in [5, 5.41) is 18.5. The molecule has 0 radical (unpaired) electrons. The molecular formula is C20H23N5O2S. The van der Waals surface area contributed by atoms with Gasteiger partial charge in [0, 0.05) is 11.7 Å². The van der Waals surface area contributed by atoms with Crippen LogP contribution in [0.1, 0.15) is 31.2 Å². The summed E-state index contributed by atoms with van der Waals surface area (Å²) in [6.45, 7) is 0. The van der Waals surface area contributed by atoms with Crippen molar-refractivity contribution in [3.63, 3.8) is 0 Å². The molecule has 8 heteroatoms. The number of benzene rings is 1. The van der Waals surface area contributed by atoms with Gasteiger partial charge in [0.2, 0.25) is 11.9 Å². The van der Waals surface area contributed by atoms with E-state index in [0.717, 1.165) is 53.0 Å². The van der Waals surface area contributed by atoms with E-state index >= 15 is 0 Å². The number of carbonyl (C=O) groups is 1. The largest absolute Gasteiger partial charge is 0.393 e. The van der Waals surface area contributed by atoms with Crippen LogP contribution >= 0.6 is 11.3 Å². The van der Waals surface area contributed by atoms with Crippen LogP contribution in [0.2, 0.25) is 0 Å². The maximum Gasteiger partial charge on any atom is 0.229 e. The number of hydrogen-bond acceptors (Lipinski definition) is 7. The Morgan fingerprint density at radius 3 is 2.82 bits per heavy atom. The highest BCUT2D eigenvalue weighted by Crippen LogP contribution is 2.31. The second kappa shape index (κ2) is 8.12. The van der Waals surface area contributed by atoms with Gasteiger partial charge >= 0.3 is 0 Å². The molecule has 5 N–H and O–H groups in total. The third kappa shape index (κ3) is 4.40. The Hall–Kier alpha value is -2.71. The molecule has 146 valence electrons. The molecule has 4 rings (SSSR count). The van der Waals surface area contributed by atoms with Gasteiger partial charge in [0.05, 0.1) is 22.7 Å². The zero-order valence-electron chi connectivity index (χ0n) is 15.4. The molecule has 0 spiro atoms. The van der Waals surface area contributed by atoms with Crippen molar-refractivity contribution in [1.29, 1.82) is 0 Å². The number of primary amides is 1. The fourth-order valence-electron chi connectivity index (χ4n) is 3.52. The molecule has 3 aromatic rings. The predicted octanol–water partition coefficient (Wildman–Crippen LogP) is 3.18. The number of thiophene rings is 1. The Morgan fingerprint density at radius 1 is 1.21 bits per heavy atom. The van der Waals surface area contributed by atoms with Gasteiger partial charge in [-0.3, -0.25) is 4.79 Å². The van der Waals surface area contributed by atoms with Gasteiger partial charge in [-0.2, -0.15) is 4.98 Å². The van der Waals surface area contributed by atoms with E-state index in [9.17, 15) is 9.90 Å². The Labute approximate surface area is 167 Å². The lowest BCUT2D eigenvalue weighted by Crippen LogP contribution is -2.28. The van der Waals surface area contributed by atoms with Crippen LogP contribution < -0.4 is 16.4 Å². The molecule has 28 heavy (non-hydrogen) atoms. The number of hydrogen-bond donors (Lipinski definition) is 4. The fraction of sp³-hybridized carbons (Fsp3) is 0.350. The number of amides is 1. The lowest BCUT2D eigenvalue weighted by molar-refractivity contribution is -0.117. The van der Waals surface area contributed by atoms with Crippen LogP contribution in [0.4, 0.5) is 17.5 Å². The topological polar surface area (TPSA) is 113 Å². The first-order chi connectivity index (χ1) is 13.6. The van der Waals surface area contributed by atoms with E-state index in [1.807, 2.05) is 35.7 Å². The van der Waals surface area contributed by atoms with Crippen LogP contribution in [-0.4, -0.2) is 33.1 Å². The van der Waals surface area contributed by atoms with Gasteiger partial charge in [-0.25, -0.2) is 4.98 Å². The van der Waals surface area contributed by atoms with E-state index in [1.165, 1.54) is 0 Å². The normalized spacial score (nSPS) is 19.5. The first-order valence-electron chi connectivity index (χ1n) is 9.41. The standard InChI is InChI=1S/C20H23N5O2S/c21-17(27)11-12-2-1-3-14(10-12)23-20-24-16-8-9-28-18(16)19(25-20)22-13-4-6-15(26)7-5-13/h1-3,8-10,13,15,26H,4-7,11H2,(H2,21,27)(H2,22,23,24,25). The number of carbonyl (C=O) groups excluding carboxylic acids is 1. The van der Waals surface area contributed by atoms with Crippen molar-refractivity contribution in [2.24, 2.45) is 5.73 Å². The second-order valence-corrected chi connectivity index (χ2v) is 8.07. The van der Waals surface area contributed by atoms with Crippen LogP contribution in [0.15, 0.2) is 35.7 Å². The number of anilines is 3. The highest BCUT2D eigenvalue weighted by atomic mass is 32.1. The molecule has 1 amide bonds. The van der Waals surface area contributed by atoms with Gasteiger partial charge in [-0.1, -0.05) is 12.1 Å². The molecule has 0 unspecified atom stereocenters. The van der Waals surface area contributed by atoms with Crippen molar-refractivity contribution in [2.45, 2.75) is 44.2 Å². The van der Waals surface area contributed by atoms with Gasteiger partial charge < -0.3 is 21.5 Å². The van der Waals surface area contributed by atoms with Gasteiger partial charge in [0.25, 0.3) is 0 Å². The zero-order chi connectivity index (χ0) is 19.5. The Kier molecular flexibility index (Phi) is 5.40. The maximum absolute atomic E-state index is 11.2. The third-order valence-corrected chi connectivity index (χ3v) is 5.81. The number of aliphatic hydroxyl groups is 1. The highest BCUT2D eigenvalue weighted by Gasteiger charge is 2.21. The Balaban J connectivity index is 1.57. The van der Waals surface area contributed by atoms with Crippen molar-refractivity contribution in [3.8, 4) is 0 Å². The summed E-state index contributed by atoms with van der Waals surface area (Å²) in [4.78, 5) is 20.5. The number of aromatic nitrogens is 2. The number of nitrogens with one attached hydrogen (secondary N) is 2. The minimum absolute atomic E-state index is 0.185. The summed E-state index contributed by atoms with van der Waals surface area (Å²) in [6.07, 6.45) is 3.49. The lowest BCUT2D eigenvalue weighted by Gasteiger charge is -2.26. The molecule has 1 aliphatic rings. The highest BCUT2D eigenvalue weighted by molar-refractivity contribution is 7.17. The summed E-state index contributed by atoms with van der Waals surface area (Å²) in [5.74, 6) is 0.954. The molecule has 1 aromatic carbocycles. The number of aliphatic hydroxyl groups excluding tert-OH is 1. The molecule has 0 aliphatic heterocycles. The molecule has 0 bridgehead atoms. The monoisotopic (exact) mass is 397 g/mol.